The predicted molar refractivity (Wildman–Crippen MR) is 67.1 cm³/mol. The Bertz CT molecular complexity index is 238. The van der Waals surface area contributed by atoms with Crippen molar-refractivity contribution < 1.29 is 4.79 Å². The van der Waals surface area contributed by atoms with E-state index in [-0.39, 0.29) is 23.4 Å². The van der Waals surface area contributed by atoms with Gasteiger partial charge in [0.05, 0.1) is 5.92 Å². The molecule has 2 unspecified atom stereocenters. The van der Waals surface area contributed by atoms with Crippen molar-refractivity contribution in [2.45, 2.75) is 70.9 Å². The van der Waals surface area contributed by atoms with Crippen LogP contribution in [0, 0.1) is 5.92 Å². The summed E-state index contributed by atoms with van der Waals surface area (Å²) in [7, 11) is 0. The smallest absolute Gasteiger partial charge is 0.225 e. The van der Waals surface area contributed by atoms with Gasteiger partial charge in [0.2, 0.25) is 5.91 Å². The Kier molecular flexibility index (Phi) is 4.78. The van der Waals surface area contributed by atoms with Gasteiger partial charge >= 0.3 is 0 Å². The minimum Gasteiger partial charge on any atom is -0.351 e. The van der Waals surface area contributed by atoms with Crippen molar-refractivity contribution in [2.75, 3.05) is 0 Å². The zero-order chi connectivity index (χ0) is 12.2. The van der Waals surface area contributed by atoms with Gasteiger partial charge in [0.1, 0.15) is 0 Å². The normalized spacial score (nSPS) is 27.2. The Hall–Kier alpha value is -0.570. The van der Waals surface area contributed by atoms with Gasteiger partial charge in [-0.25, -0.2) is 0 Å². The minimum atomic E-state index is -0.108. The average molecular weight is 226 g/mol. The van der Waals surface area contributed by atoms with E-state index in [1.165, 1.54) is 12.8 Å². The fourth-order valence-electron chi connectivity index (χ4n) is 2.18. The molecule has 0 heterocycles. The van der Waals surface area contributed by atoms with Crippen LogP contribution in [0.25, 0.3) is 0 Å². The topological polar surface area (TPSA) is 55.1 Å². The van der Waals surface area contributed by atoms with Crippen LogP contribution in [0.1, 0.15) is 59.3 Å². The Morgan fingerprint density at radius 2 is 1.94 bits per heavy atom. The first-order chi connectivity index (χ1) is 7.46. The van der Waals surface area contributed by atoms with Crippen molar-refractivity contribution in [1.82, 2.24) is 5.32 Å². The summed E-state index contributed by atoms with van der Waals surface area (Å²) in [6, 6.07) is 0.0511. The first kappa shape index (κ1) is 13.5. The molecule has 0 aromatic rings. The molecule has 3 N–H and O–H groups in total. The largest absolute Gasteiger partial charge is 0.351 e. The van der Waals surface area contributed by atoms with Gasteiger partial charge < -0.3 is 11.1 Å². The molecule has 1 amide bonds. The second kappa shape index (κ2) is 5.67. The third-order valence-corrected chi connectivity index (χ3v) is 3.75. The molecule has 3 nitrogen and oxygen atoms in total. The maximum atomic E-state index is 12.1. The van der Waals surface area contributed by atoms with E-state index >= 15 is 0 Å². The quantitative estimate of drug-likeness (QED) is 0.725. The molecule has 0 saturated heterocycles. The first-order valence-corrected chi connectivity index (χ1v) is 6.54. The van der Waals surface area contributed by atoms with Gasteiger partial charge in [0, 0.05) is 11.6 Å². The summed E-state index contributed by atoms with van der Waals surface area (Å²) in [4.78, 5) is 12.1. The summed E-state index contributed by atoms with van der Waals surface area (Å²) < 4.78 is 0. The van der Waals surface area contributed by atoms with E-state index < -0.39 is 0 Å². The van der Waals surface area contributed by atoms with Crippen molar-refractivity contribution >= 4 is 5.91 Å². The second-order valence-corrected chi connectivity index (χ2v) is 5.64. The molecule has 1 rings (SSSR count). The molecule has 1 aliphatic carbocycles. The number of amides is 1. The van der Waals surface area contributed by atoms with Crippen molar-refractivity contribution in [3.8, 4) is 0 Å². The molecule has 2 atom stereocenters. The molecule has 0 bridgehead atoms. The summed E-state index contributed by atoms with van der Waals surface area (Å²) in [6.07, 6.45) is 6.41. The first-order valence-electron chi connectivity index (χ1n) is 6.54. The number of hydrogen-bond donors (Lipinski definition) is 2. The zero-order valence-electron chi connectivity index (χ0n) is 10.9. The van der Waals surface area contributed by atoms with Crippen molar-refractivity contribution in [3.63, 3.8) is 0 Å². The van der Waals surface area contributed by atoms with E-state index in [0.717, 1.165) is 25.7 Å². The molecule has 0 aromatic heterocycles. The van der Waals surface area contributed by atoms with E-state index in [0.29, 0.717) is 0 Å². The summed E-state index contributed by atoms with van der Waals surface area (Å²) in [6.45, 7) is 6.22. The van der Waals surface area contributed by atoms with Crippen molar-refractivity contribution in [1.29, 1.82) is 0 Å². The highest BCUT2D eigenvalue weighted by molar-refractivity contribution is 5.80. The highest BCUT2D eigenvalue weighted by Gasteiger charge is 2.29. The molecule has 0 aromatic carbocycles. The highest BCUT2D eigenvalue weighted by atomic mass is 16.2. The van der Waals surface area contributed by atoms with E-state index in [9.17, 15) is 4.79 Å². The van der Waals surface area contributed by atoms with Crippen LogP contribution in [-0.2, 0) is 4.79 Å². The number of hydrogen-bond acceptors (Lipinski definition) is 2. The van der Waals surface area contributed by atoms with E-state index in [1.54, 1.807) is 0 Å². The third kappa shape index (κ3) is 3.78. The average Bonchev–Trinajstić information content (AvgIpc) is 2.42. The lowest BCUT2D eigenvalue weighted by molar-refractivity contribution is -0.127. The van der Waals surface area contributed by atoms with E-state index in [1.807, 2.05) is 0 Å². The SMILES string of the molecule is CCC(C)(C)NC(=O)C1CCCCCC1N. The Labute approximate surface area is 99.2 Å². The summed E-state index contributed by atoms with van der Waals surface area (Å²) in [5.41, 5.74) is 5.97. The van der Waals surface area contributed by atoms with Crippen LogP contribution in [0.3, 0.4) is 0 Å². The van der Waals surface area contributed by atoms with Gasteiger partial charge in [0.15, 0.2) is 0 Å². The van der Waals surface area contributed by atoms with Crippen LogP contribution in [0.2, 0.25) is 0 Å². The molecular formula is C13H26N2O. The van der Waals surface area contributed by atoms with E-state index in [4.69, 9.17) is 5.73 Å². The monoisotopic (exact) mass is 226 g/mol. The lowest BCUT2D eigenvalue weighted by Crippen LogP contribution is -2.49. The molecule has 1 saturated carbocycles. The van der Waals surface area contributed by atoms with Crippen LogP contribution in [0.4, 0.5) is 0 Å². The molecule has 16 heavy (non-hydrogen) atoms. The number of carbonyl (C=O) groups is 1. The summed E-state index contributed by atoms with van der Waals surface area (Å²) in [5, 5.41) is 3.11. The second-order valence-electron chi connectivity index (χ2n) is 5.64. The number of carbonyl (C=O) groups excluding carboxylic acids is 1. The van der Waals surface area contributed by atoms with Crippen LogP contribution in [0.5, 0.6) is 0 Å². The number of nitrogens with one attached hydrogen (secondary N) is 1. The molecule has 1 aliphatic rings. The predicted octanol–water partition coefficient (Wildman–Crippen LogP) is 2.20. The van der Waals surface area contributed by atoms with E-state index in [2.05, 4.69) is 26.1 Å². The molecule has 0 spiro atoms. The van der Waals surface area contributed by atoms with Gasteiger partial charge in [-0.15, -0.1) is 0 Å². The highest BCUT2D eigenvalue weighted by Crippen LogP contribution is 2.23. The minimum absolute atomic E-state index is 0.0216. The zero-order valence-corrected chi connectivity index (χ0v) is 10.9. The number of nitrogens with two attached hydrogens (primary N) is 1. The van der Waals surface area contributed by atoms with Gasteiger partial charge in [0.25, 0.3) is 0 Å². The number of rotatable bonds is 3. The third-order valence-electron chi connectivity index (χ3n) is 3.75. The standard InChI is InChI=1S/C13H26N2O/c1-4-13(2,3)15-12(16)10-8-6-5-7-9-11(10)14/h10-11H,4-9,14H2,1-3H3,(H,15,16). The van der Waals surface area contributed by atoms with Crippen LogP contribution < -0.4 is 11.1 Å². The maximum Gasteiger partial charge on any atom is 0.225 e. The summed E-state index contributed by atoms with van der Waals surface area (Å²) in [5.74, 6) is 0.176. The molecule has 0 radical (unpaired) electrons. The fraction of sp³-hybridized carbons (Fsp3) is 0.923. The van der Waals surface area contributed by atoms with Crippen LogP contribution in [-0.4, -0.2) is 17.5 Å². The maximum absolute atomic E-state index is 12.1. The van der Waals surface area contributed by atoms with Crippen LogP contribution >= 0.6 is 0 Å². The van der Waals surface area contributed by atoms with Crippen molar-refractivity contribution in [3.05, 3.63) is 0 Å². The molecule has 0 aliphatic heterocycles. The Morgan fingerprint density at radius 3 is 2.56 bits per heavy atom. The molecule has 1 fully saturated rings. The van der Waals surface area contributed by atoms with Gasteiger partial charge in [-0.3, -0.25) is 4.79 Å². The molecule has 94 valence electrons. The Balaban J connectivity index is 2.57. The van der Waals surface area contributed by atoms with Crippen molar-refractivity contribution in [2.24, 2.45) is 11.7 Å². The van der Waals surface area contributed by atoms with Gasteiger partial charge in [-0.1, -0.05) is 26.2 Å². The lowest BCUT2D eigenvalue weighted by atomic mass is 9.92. The van der Waals surface area contributed by atoms with Crippen LogP contribution in [0.15, 0.2) is 0 Å². The fourth-order valence-corrected chi connectivity index (χ4v) is 2.18. The lowest BCUT2D eigenvalue weighted by Gasteiger charge is -2.29. The van der Waals surface area contributed by atoms with Gasteiger partial charge in [-0.2, -0.15) is 0 Å². The summed E-state index contributed by atoms with van der Waals surface area (Å²) >= 11 is 0. The molecule has 3 heteroatoms. The molecular weight excluding hydrogens is 200 g/mol. The Morgan fingerprint density at radius 1 is 1.31 bits per heavy atom. The van der Waals surface area contributed by atoms with Gasteiger partial charge in [-0.05, 0) is 33.1 Å².